The number of hydrogen-bond donors (Lipinski definition) is 3. The standard InChI is InChI=1S/C60H116O17P2/c1-9-53(8)39-31-23-17-19-25-33-41-58(63)71-47-55(76-59(64)42-34-26-15-11-13-21-29-37-51(4)5)48-74-78(66,67)72-44-54(61)45-73-79(68,69)75-49-56(77-60(65)43-35-27-18-16-22-30-38-52(6)7)46-70-57(62)40-32-24-14-10-12-20-28-36-50(2)3/h50-56,61H,9-49H2,1-8H3,(H,66,67)(H,68,69)/t53?,54?,55-,56-/m1/s1. The second-order valence-corrected chi connectivity index (χ2v) is 26.3. The maximum absolute atomic E-state index is 12.9. The summed E-state index contributed by atoms with van der Waals surface area (Å²) in [5.41, 5.74) is 0. The molecular weight excluding hydrogens is 1050 g/mol. The minimum atomic E-state index is -4.94. The largest absolute Gasteiger partial charge is 0.472 e. The van der Waals surface area contributed by atoms with Gasteiger partial charge in [0.2, 0.25) is 0 Å². The van der Waals surface area contributed by atoms with Crippen molar-refractivity contribution in [2.45, 2.75) is 298 Å². The van der Waals surface area contributed by atoms with Crippen molar-refractivity contribution in [3.8, 4) is 0 Å². The number of ether oxygens (including phenoxy) is 4. The van der Waals surface area contributed by atoms with Crippen LogP contribution < -0.4 is 0 Å². The molecule has 0 amide bonds. The third-order valence-electron chi connectivity index (χ3n) is 13.9. The smallest absolute Gasteiger partial charge is 0.462 e. The predicted octanol–water partition coefficient (Wildman–Crippen LogP) is 15.8. The maximum atomic E-state index is 12.9. The van der Waals surface area contributed by atoms with Crippen LogP contribution in [0, 0.1) is 23.7 Å². The van der Waals surface area contributed by atoms with Gasteiger partial charge in [-0.2, -0.15) is 0 Å². The van der Waals surface area contributed by atoms with Crippen LogP contribution in [0.4, 0.5) is 0 Å². The van der Waals surface area contributed by atoms with E-state index in [1.165, 1.54) is 70.6 Å². The topological polar surface area (TPSA) is 237 Å². The molecule has 0 bridgehead atoms. The SMILES string of the molecule is CCC(C)CCCCCCCCC(=O)OC[C@H](COP(=O)(O)OCC(O)COP(=O)(O)OC[C@@H](COC(=O)CCCCCCCCCC(C)C)OC(=O)CCCCCCCCC(C)C)OC(=O)CCCCCCCCCC(C)C. The van der Waals surface area contributed by atoms with Gasteiger partial charge in [0.15, 0.2) is 12.2 Å². The zero-order valence-corrected chi connectivity index (χ0v) is 52.8. The van der Waals surface area contributed by atoms with Crippen molar-refractivity contribution >= 4 is 39.5 Å². The summed E-state index contributed by atoms with van der Waals surface area (Å²) in [6.07, 6.45) is 28.4. The zero-order chi connectivity index (χ0) is 59.0. The number of hydrogen-bond acceptors (Lipinski definition) is 15. The molecule has 0 aromatic carbocycles. The molecule has 19 heteroatoms. The van der Waals surface area contributed by atoms with Crippen LogP contribution in [0.1, 0.15) is 280 Å². The zero-order valence-electron chi connectivity index (χ0n) is 51.0. The third-order valence-corrected chi connectivity index (χ3v) is 15.8. The average Bonchev–Trinajstić information content (AvgIpc) is 3.39. The fraction of sp³-hybridized carbons (Fsp3) is 0.933. The fourth-order valence-electron chi connectivity index (χ4n) is 8.69. The minimum absolute atomic E-state index is 0.100. The Kier molecular flexibility index (Phi) is 49.3. The number of phosphoric acid groups is 2. The predicted molar refractivity (Wildman–Crippen MR) is 312 cm³/mol. The Labute approximate surface area is 479 Å². The van der Waals surface area contributed by atoms with Gasteiger partial charge in [0.1, 0.15) is 19.3 Å². The molecule has 0 spiro atoms. The summed E-state index contributed by atoms with van der Waals surface area (Å²) in [4.78, 5) is 71.9. The Morgan fingerprint density at radius 3 is 0.899 bits per heavy atom. The number of esters is 4. The van der Waals surface area contributed by atoms with Gasteiger partial charge in [-0.1, -0.05) is 229 Å². The minimum Gasteiger partial charge on any atom is -0.462 e. The number of aliphatic hydroxyl groups is 1. The van der Waals surface area contributed by atoms with Crippen LogP contribution in [0.5, 0.6) is 0 Å². The summed E-state index contributed by atoms with van der Waals surface area (Å²) < 4.78 is 67.7. The third kappa shape index (κ3) is 53.8. The molecule has 0 saturated carbocycles. The molecule has 0 aromatic rings. The Balaban J connectivity index is 5.25. The van der Waals surface area contributed by atoms with Gasteiger partial charge in [-0.25, -0.2) is 9.13 Å². The molecule has 0 fully saturated rings. The van der Waals surface area contributed by atoms with Crippen molar-refractivity contribution in [2.75, 3.05) is 39.6 Å². The Hall–Kier alpha value is -1.94. The van der Waals surface area contributed by atoms with Crippen molar-refractivity contribution in [3.63, 3.8) is 0 Å². The number of carbonyl (C=O) groups is 4. The fourth-order valence-corrected chi connectivity index (χ4v) is 10.3. The molecule has 0 rings (SSSR count). The number of unbranched alkanes of at least 4 members (excludes halogenated alkanes) is 22. The van der Waals surface area contributed by atoms with Gasteiger partial charge in [-0.05, 0) is 49.4 Å². The van der Waals surface area contributed by atoms with E-state index in [0.29, 0.717) is 43.4 Å². The first-order chi connectivity index (χ1) is 37.6. The number of rotatable bonds is 57. The second-order valence-electron chi connectivity index (χ2n) is 23.4. The van der Waals surface area contributed by atoms with E-state index in [1.807, 2.05) is 0 Å². The first-order valence-corrected chi connectivity index (χ1v) is 34.2. The van der Waals surface area contributed by atoms with Crippen LogP contribution in [-0.2, 0) is 65.4 Å². The number of carbonyl (C=O) groups excluding carboxylic acids is 4. The van der Waals surface area contributed by atoms with Crippen LogP contribution in [0.15, 0.2) is 0 Å². The van der Waals surface area contributed by atoms with E-state index < -0.39 is 97.5 Å². The molecule has 468 valence electrons. The summed E-state index contributed by atoms with van der Waals surface area (Å²) in [7, 11) is -9.88. The maximum Gasteiger partial charge on any atom is 0.472 e. The van der Waals surface area contributed by atoms with E-state index in [1.54, 1.807) is 0 Å². The van der Waals surface area contributed by atoms with E-state index >= 15 is 0 Å². The highest BCUT2D eigenvalue weighted by Gasteiger charge is 2.30. The molecule has 79 heavy (non-hydrogen) atoms. The highest BCUT2D eigenvalue weighted by atomic mass is 31.2. The van der Waals surface area contributed by atoms with E-state index in [2.05, 4.69) is 55.4 Å². The summed E-state index contributed by atoms with van der Waals surface area (Å²) in [5.74, 6) is 0.649. The van der Waals surface area contributed by atoms with Gasteiger partial charge >= 0.3 is 39.5 Å². The van der Waals surface area contributed by atoms with E-state index in [4.69, 9.17) is 37.0 Å². The monoisotopic (exact) mass is 1170 g/mol. The van der Waals surface area contributed by atoms with Crippen LogP contribution in [0.3, 0.4) is 0 Å². The van der Waals surface area contributed by atoms with Crippen molar-refractivity contribution < 1.29 is 80.2 Å². The first-order valence-electron chi connectivity index (χ1n) is 31.2. The molecule has 0 heterocycles. The molecule has 0 aliphatic carbocycles. The summed E-state index contributed by atoms with van der Waals surface area (Å²) in [6, 6.07) is 0. The first kappa shape index (κ1) is 77.1. The molecule has 0 aromatic heterocycles. The average molecular weight is 1170 g/mol. The second kappa shape index (κ2) is 50.6. The van der Waals surface area contributed by atoms with E-state index in [-0.39, 0.29) is 25.7 Å². The molecule has 17 nitrogen and oxygen atoms in total. The Bertz CT molecular complexity index is 1600. The highest BCUT2D eigenvalue weighted by Crippen LogP contribution is 2.45. The Morgan fingerprint density at radius 1 is 0.354 bits per heavy atom. The molecule has 0 aliphatic heterocycles. The molecule has 4 unspecified atom stereocenters. The van der Waals surface area contributed by atoms with E-state index in [9.17, 15) is 43.2 Å². The molecule has 0 aliphatic rings. The lowest BCUT2D eigenvalue weighted by molar-refractivity contribution is -0.161. The quantitative estimate of drug-likeness (QED) is 0.0222. The van der Waals surface area contributed by atoms with Gasteiger partial charge < -0.3 is 33.8 Å². The van der Waals surface area contributed by atoms with Crippen LogP contribution >= 0.6 is 15.6 Å². The van der Waals surface area contributed by atoms with Crippen LogP contribution in [0.2, 0.25) is 0 Å². The lowest BCUT2D eigenvalue weighted by atomic mass is 10.00. The van der Waals surface area contributed by atoms with Crippen molar-refractivity contribution in [3.05, 3.63) is 0 Å². The van der Waals surface area contributed by atoms with Crippen LogP contribution in [-0.4, -0.2) is 96.7 Å². The van der Waals surface area contributed by atoms with Gasteiger partial charge in [0, 0.05) is 25.7 Å². The van der Waals surface area contributed by atoms with Gasteiger partial charge in [0.25, 0.3) is 0 Å². The Morgan fingerprint density at radius 2 is 0.608 bits per heavy atom. The van der Waals surface area contributed by atoms with Crippen molar-refractivity contribution in [2.24, 2.45) is 23.7 Å². The van der Waals surface area contributed by atoms with Gasteiger partial charge in [0.05, 0.1) is 26.4 Å². The molecule has 3 N–H and O–H groups in total. The van der Waals surface area contributed by atoms with Crippen molar-refractivity contribution in [1.82, 2.24) is 0 Å². The van der Waals surface area contributed by atoms with Gasteiger partial charge in [-0.3, -0.25) is 37.3 Å². The lowest BCUT2D eigenvalue weighted by Gasteiger charge is -2.21. The number of phosphoric ester groups is 2. The van der Waals surface area contributed by atoms with Crippen molar-refractivity contribution in [1.29, 1.82) is 0 Å². The summed E-state index contributed by atoms with van der Waals surface area (Å²) >= 11 is 0. The molecule has 6 atom stereocenters. The van der Waals surface area contributed by atoms with E-state index in [0.717, 1.165) is 109 Å². The number of aliphatic hydroxyl groups excluding tert-OH is 1. The summed E-state index contributed by atoms with van der Waals surface area (Å²) in [5, 5.41) is 10.5. The normalized spacial score (nSPS) is 14.9. The lowest BCUT2D eigenvalue weighted by Crippen LogP contribution is -2.30. The highest BCUT2D eigenvalue weighted by molar-refractivity contribution is 7.47. The molecule has 0 radical (unpaired) electrons. The van der Waals surface area contributed by atoms with Gasteiger partial charge in [-0.15, -0.1) is 0 Å². The molecule has 0 saturated heterocycles. The molecular formula is C60H116O17P2. The summed E-state index contributed by atoms with van der Waals surface area (Å²) in [6.45, 7) is 13.8. The van der Waals surface area contributed by atoms with Crippen LogP contribution in [0.25, 0.3) is 0 Å².